The average molecular weight is 2120 g/mol. The van der Waals surface area contributed by atoms with E-state index >= 15 is 0 Å². The lowest BCUT2D eigenvalue weighted by Crippen LogP contribution is -2.39. The molecule has 2 N–H and O–H groups in total. The van der Waals surface area contributed by atoms with Crippen LogP contribution in [-0.4, -0.2) is 116 Å². The molecule has 4 heterocycles. The van der Waals surface area contributed by atoms with Crippen LogP contribution in [0.5, 0.6) is 0 Å². The van der Waals surface area contributed by atoms with Gasteiger partial charge in [-0.3, -0.25) is 9.59 Å². The molecule has 20 atom stereocenters. The fourth-order valence-corrected chi connectivity index (χ4v) is 23.5. The fourth-order valence-electron chi connectivity index (χ4n) is 23.5. The van der Waals surface area contributed by atoms with Gasteiger partial charge in [0.25, 0.3) is 0 Å². The van der Waals surface area contributed by atoms with Gasteiger partial charge in [-0.05, 0) is 318 Å². The SMILES string of the molecule is CNC(=O)N1C[C@H]2CC[C@H](O[C@H](C)c3cc(C(F)(F)F)cc(C(F)(F)F)c3)[C@@H](c3ccc(F)cc3)[C@@H]2C1.C[C@@H](O[C@H]1CC[C@@H]2CN(C3=CC(=O)CC3)C[C@H]2[C@@H]1c1ccc(F)cc1)c1cc(C(F)(F)F)cc(C(F)(F)F)c1.C[C@@H](O[C@H]1CC[C@@H]2CNC[C@H]2[C@@H]1c1ccc(F)cc1)c1cc(C(F)(F)F)cc(C(F)(F)F)c1.C[C@@H](O[C@H]1CC[C@H]2CN(C3=CC(=O)CC3)C[C@H]2[C@@H]1c1ccc(F)cc1)c1cc(C(F)(F)F)cc(C(F)(F)F)c1. The van der Waals surface area contributed by atoms with Gasteiger partial charge in [0.1, 0.15) is 23.3 Å². The summed E-state index contributed by atoms with van der Waals surface area (Å²) in [5.41, 5.74) is -6.69. The second-order valence-corrected chi connectivity index (χ2v) is 40.1. The van der Waals surface area contributed by atoms with Crippen molar-refractivity contribution >= 4 is 17.6 Å². The van der Waals surface area contributed by atoms with Crippen molar-refractivity contribution in [3.63, 3.8) is 0 Å². The van der Waals surface area contributed by atoms with Crippen LogP contribution in [0.25, 0.3) is 0 Å². The first-order chi connectivity index (χ1) is 69.3. The van der Waals surface area contributed by atoms with Crippen LogP contribution in [0.15, 0.2) is 193 Å². The number of ether oxygens (including phenoxy) is 4. The number of halogens is 28. The summed E-state index contributed by atoms with van der Waals surface area (Å²) in [5, 5.41) is 5.95. The minimum atomic E-state index is -4.96. The molecule has 8 aromatic rings. The number of alkyl halides is 24. The molecule has 8 aromatic carbocycles. The van der Waals surface area contributed by atoms with Gasteiger partial charge in [0, 0.05) is 106 Å². The van der Waals surface area contributed by atoms with Crippen LogP contribution in [-0.2, 0) is 77.9 Å². The molecule has 0 unspecified atom stereocenters. The molecule has 802 valence electrons. The fraction of sp³-hybridized carbons (Fsp3) is 0.491. The number of amides is 2. The molecule has 40 heteroatoms. The summed E-state index contributed by atoms with van der Waals surface area (Å²) >= 11 is 0. The number of fused-ring (bicyclic) bond motifs is 4. The number of nitrogens with zero attached hydrogens (tertiary/aromatic N) is 3. The molecule has 148 heavy (non-hydrogen) atoms. The normalized spacial score (nSPS) is 26.2. The highest BCUT2D eigenvalue weighted by atomic mass is 19.4. The van der Waals surface area contributed by atoms with Gasteiger partial charge in [-0.15, -0.1) is 0 Å². The molecule has 8 fully saturated rings. The van der Waals surface area contributed by atoms with E-state index in [4.69, 9.17) is 18.9 Å². The molecule has 6 aliphatic carbocycles. The van der Waals surface area contributed by atoms with E-state index in [1.807, 2.05) is 0 Å². The Morgan fingerprint density at radius 2 is 0.541 bits per heavy atom. The van der Waals surface area contributed by atoms with Crippen molar-refractivity contribution < 1.29 is 156 Å². The van der Waals surface area contributed by atoms with Crippen LogP contribution < -0.4 is 10.6 Å². The van der Waals surface area contributed by atoms with Crippen LogP contribution in [0.1, 0.15) is 242 Å². The Labute approximate surface area is 834 Å². The lowest BCUT2D eigenvalue weighted by molar-refractivity contribution is -0.145. The molecule has 18 rings (SSSR count). The average Bonchev–Trinajstić information content (AvgIpc) is 1.60. The van der Waals surface area contributed by atoms with Crippen LogP contribution >= 0.6 is 0 Å². The molecule has 2 amide bonds. The van der Waals surface area contributed by atoms with Gasteiger partial charge in [-0.25, -0.2) is 22.4 Å². The molecule has 0 radical (unpaired) electrons. The predicted molar refractivity (Wildman–Crippen MR) is 487 cm³/mol. The van der Waals surface area contributed by atoms with Gasteiger partial charge in [0.2, 0.25) is 0 Å². The van der Waals surface area contributed by atoms with E-state index in [9.17, 15) is 137 Å². The molecule has 4 saturated carbocycles. The van der Waals surface area contributed by atoms with Crippen molar-refractivity contribution in [2.75, 3.05) is 59.4 Å². The van der Waals surface area contributed by atoms with E-state index in [1.165, 1.54) is 83.3 Å². The van der Waals surface area contributed by atoms with Gasteiger partial charge >= 0.3 is 55.4 Å². The molecule has 0 aromatic heterocycles. The van der Waals surface area contributed by atoms with E-state index in [1.54, 1.807) is 65.6 Å². The third kappa shape index (κ3) is 26.5. The van der Waals surface area contributed by atoms with Crippen LogP contribution in [0.4, 0.5) is 128 Å². The zero-order chi connectivity index (χ0) is 107. The van der Waals surface area contributed by atoms with Gasteiger partial charge in [-0.2, -0.15) is 105 Å². The zero-order valence-electron chi connectivity index (χ0n) is 80.3. The van der Waals surface area contributed by atoms with Crippen molar-refractivity contribution in [2.24, 2.45) is 47.3 Å². The van der Waals surface area contributed by atoms with Crippen molar-refractivity contribution in [3.05, 3.63) is 306 Å². The van der Waals surface area contributed by atoms with Crippen molar-refractivity contribution in [3.8, 4) is 0 Å². The summed E-state index contributed by atoms with van der Waals surface area (Å²) in [4.78, 5) is 42.0. The lowest BCUT2D eigenvalue weighted by atomic mass is 9.69. The second-order valence-electron chi connectivity index (χ2n) is 40.1. The molecular formula is C108H107F28N5O7. The van der Waals surface area contributed by atoms with E-state index in [0.29, 0.717) is 126 Å². The first-order valence-electron chi connectivity index (χ1n) is 48.7. The monoisotopic (exact) mass is 2120 g/mol. The number of hydrogen-bond acceptors (Lipinski definition) is 10. The predicted octanol–water partition coefficient (Wildman–Crippen LogP) is 28.9. The molecule has 0 bridgehead atoms. The number of likely N-dealkylation sites (tertiary alicyclic amines) is 3. The topological polar surface area (TPSA) is 122 Å². The summed E-state index contributed by atoms with van der Waals surface area (Å²) in [6, 6.07) is 29.7. The summed E-state index contributed by atoms with van der Waals surface area (Å²) in [7, 11) is 1.53. The number of benzene rings is 8. The van der Waals surface area contributed by atoms with E-state index in [2.05, 4.69) is 20.4 Å². The highest BCUT2D eigenvalue weighted by Crippen LogP contribution is 2.56. The summed E-state index contributed by atoms with van der Waals surface area (Å²) in [6.45, 7) is 11.1. The third-order valence-corrected chi connectivity index (χ3v) is 30.7. The lowest BCUT2D eigenvalue weighted by Gasteiger charge is -2.41. The Morgan fingerprint density at radius 1 is 0.304 bits per heavy atom. The van der Waals surface area contributed by atoms with Crippen molar-refractivity contribution in [1.82, 2.24) is 25.3 Å². The van der Waals surface area contributed by atoms with Gasteiger partial charge in [0.05, 0.1) is 93.3 Å². The maximum Gasteiger partial charge on any atom is 0.416 e. The zero-order valence-corrected chi connectivity index (χ0v) is 80.3. The molecule has 4 aliphatic heterocycles. The minimum absolute atomic E-state index is 0.0604. The molecule has 10 aliphatic rings. The van der Waals surface area contributed by atoms with Crippen molar-refractivity contribution in [2.45, 2.75) is 227 Å². The quantitative estimate of drug-likeness (QED) is 0.0803. The summed E-state index contributed by atoms with van der Waals surface area (Å²) < 4.78 is 401. The second kappa shape index (κ2) is 44.3. The molecule has 12 nitrogen and oxygen atoms in total. The summed E-state index contributed by atoms with van der Waals surface area (Å²) in [5.74, 6) is -1.16. The number of urea groups is 1. The number of nitrogens with one attached hydrogen (secondary N) is 2. The summed E-state index contributed by atoms with van der Waals surface area (Å²) in [6.07, 6.45) is -34.9. The Kier molecular flexibility index (Phi) is 33.4. The maximum absolute atomic E-state index is 13.8. The maximum atomic E-state index is 13.8. The van der Waals surface area contributed by atoms with E-state index in [-0.39, 0.29) is 135 Å². The minimum Gasteiger partial charge on any atom is -0.374 e. The van der Waals surface area contributed by atoms with E-state index in [0.717, 1.165) is 91.2 Å². The van der Waals surface area contributed by atoms with E-state index < -0.39 is 160 Å². The Hall–Kier alpha value is -10.7. The first-order valence-corrected chi connectivity index (χ1v) is 48.7. The number of hydrogen-bond donors (Lipinski definition) is 2. The standard InChI is InChI=1S/2C29H28F7NO2.C26H27F7N2O2.C24H24F7NO/c2*1-16(19-10-20(28(31,32)33)12-21(11-19)29(34,35)36)39-26-9-4-18-14-37(23-7-8-24(38)13-23)15-25(18)27(26)17-2-5-22(30)6-3-17;1-14(17-9-18(25(28,29)30)11-19(10-17)26(31,32)33)37-22-8-5-16-12-35(24(36)34-2)13-21(16)23(22)15-3-6-20(27)7-4-15;1-13(16-8-17(23(26,27)28)10-18(9-16)24(29,30)31)33-21-7-4-15-11-32-12-20(15)22(21)14-2-5-19(25)6-3-14/h2*2-3,5-6,10-13,16,18,25-27H,4,7-9,14-15H2,1H3;3-4,6-7,9-11,14,16,21-23H,5,8,12-13H2,1-2H3,(H,34,36);2-3,5-6,8-10,13,15,20-22,32H,4,7,11-12H2,1H3/t16-,18+,25-,26+,27+;16-,18-,25-,26+,27+;14-,16-,21-,22+,23+;13-,15-,20-,21+,22+/m1111/s1. The van der Waals surface area contributed by atoms with Crippen LogP contribution in [0.3, 0.4) is 0 Å². The molecule has 4 saturated heterocycles. The number of rotatable bonds is 18. The Balaban J connectivity index is 0.000000148. The largest absolute Gasteiger partial charge is 0.416 e. The number of allylic oxidation sites excluding steroid dienone is 4. The molecule has 0 spiro atoms. The van der Waals surface area contributed by atoms with Crippen LogP contribution in [0, 0.1) is 70.6 Å². The Morgan fingerprint density at radius 3 is 0.777 bits per heavy atom. The number of carbonyl (C=O) groups is 3. The smallest absolute Gasteiger partial charge is 0.374 e. The molecular weight excluding hydrogens is 2010 g/mol. The van der Waals surface area contributed by atoms with Crippen molar-refractivity contribution in [1.29, 1.82) is 0 Å². The highest BCUT2D eigenvalue weighted by Gasteiger charge is 2.54. The first kappa shape index (κ1) is 111. The number of ketones is 2. The van der Waals surface area contributed by atoms with Gasteiger partial charge in [0.15, 0.2) is 11.6 Å². The number of carbonyl (C=O) groups excluding carboxylic acids is 3. The Bertz CT molecular complexity index is 5720. The third-order valence-electron chi connectivity index (χ3n) is 30.7. The van der Waals surface area contributed by atoms with Gasteiger partial charge < -0.3 is 44.3 Å². The highest BCUT2D eigenvalue weighted by molar-refractivity contribution is 5.93. The van der Waals surface area contributed by atoms with Crippen LogP contribution in [0.2, 0.25) is 0 Å². The van der Waals surface area contributed by atoms with Gasteiger partial charge in [-0.1, -0.05) is 48.5 Å².